The molecule has 3 heteroatoms. The van der Waals surface area contributed by atoms with E-state index in [0.717, 1.165) is 28.5 Å². The lowest BCUT2D eigenvalue weighted by Gasteiger charge is -2.46. The lowest BCUT2D eigenvalue weighted by atomic mass is 9.63. The maximum atomic E-state index is 6.85. The Bertz CT molecular complexity index is 452. The molecule has 112 valence electrons. The average Bonchev–Trinajstić information content (AvgIpc) is 2.33. The van der Waals surface area contributed by atoms with E-state index in [9.17, 15) is 0 Å². The zero-order valence-corrected chi connectivity index (χ0v) is 14.1. The highest BCUT2D eigenvalue weighted by molar-refractivity contribution is 6.36. The van der Waals surface area contributed by atoms with E-state index < -0.39 is 0 Å². The molecule has 0 bridgehead atoms. The van der Waals surface area contributed by atoms with E-state index in [1.54, 1.807) is 0 Å². The SMILES string of the molecule is CC1CCC(C(C)C)C(N)(Cc2c(Cl)cccc2Cl)C1. The molecule has 1 fully saturated rings. The van der Waals surface area contributed by atoms with Gasteiger partial charge >= 0.3 is 0 Å². The van der Waals surface area contributed by atoms with E-state index in [4.69, 9.17) is 28.9 Å². The highest BCUT2D eigenvalue weighted by atomic mass is 35.5. The molecule has 0 aromatic heterocycles. The highest BCUT2D eigenvalue weighted by Crippen LogP contribution is 2.43. The molecular weight excluding hydrogens is 289 g/mol. The molecule has 2 N–H and O–H groups in total. The first-order valence-corrected chi connectivity index (χ1v) is 8.31. The number of benzene rings is 1. The van der Waals surface area contributed by atoms with Crippen molar-refractivity contribution in [3.8, 4) is 0 Å². The van der Waals surface area contributed by atoms with Gasteiger partial charge in [-0.2, -0.15) is 0 Å². The molecule has 0 amide bonds. The summed E-state index contributed by atoms with van der Waals surface area (Å²) in [6.45, 7) is 6.85. The molecule has 0 radical (unpaired) electrons. The summed E-state index contributed by atoms with van der Waals surface area (Å²) in [5, 5.41) is 1.48. The van der Waals surface area contributed by atoms with E-state index in [1.807, 2.05) is 18.2 Å². The fourth-order valence-corrected chi connectivity index (χ4v) is 4.42. The van der Waals surface area contributed by atoms with Crippen LogP contribution in [0.5, 0.6) is 0 Å². The zero-order valence-electron chi connectivity index (χ0n) is 12.6. The molecule has 20 heavy (non-hydrogen) atoms. The van der Waals surface area contributed by atoms with Crippen molar-refractivity contribution in [1.29, 1.82) is 0 Å². The van der Waals surface area contributed by atoms with Gasteiger partial charge < -0.3 is 5.73 Å². The predicted molar refractivity (Wildman–Crippen MR) is 88.4 cm³/mol. The summed E-state index contributed by atoms with van der Waals surface area (Å²) in [5.74, 6) is 1.80. The molecule has 0 saturated heterocycles. The van der Waals surface area contributed by atoms with Crippen molar-refractivity contribution in [3.63, 3.8) is 0 Å². The molecule has 3 atom stereocenters. The van der Waals surface area contributed by atoms with Gasteiger partial charge in [0.05, 0.1) is 0 Å². The summed E-state index contributed by atoms with van der Waals surface area (Å²) in [6, 6.07) is 5.70. The molecule has 2 rings (SSSR count). The van der Waals surface area contributed by atoms with Gasteiger partial charge in [0, 0.05) is 15.6 Å². The van der Waals surface area contributed by atoms with Gasteiger partial charge in [0.25, 0.3) is 0 Å². The molecule has 1 saturated carbocycles. The third-order valence-electron chi connectivity index (χ3n) is 4.81. The third kappa shape index (κ3) is 3.32. The standard InChI is InChI=1S/C17H25Cl2N/c1-11(2)14-8-7-12(3)9-17(14,20)10-13-15(18)5-4-6-16(13)19/h4-6,11-12,14H,7-10,20H2,1-3H3. The summed E-state index contributed by atoms with van der Waals surface area (Å²) in [6.07, 6.45) is 4.31. The van der Waals surface area contributed by atoms with Crippen LogP contribution < -0.4 is 5.73 Å². The van der Waals surface area contributed by atoms with Crippen LogP contribution >= 0.6 is 23.2 Å². The van der Waals surface area contributed by atoms with Gasteiger partial charge in [-0.3, -0.25) is 0 Å². The zero-order chi connectivity index (χ0) is 14.9. The van der Waals surface area contributed by atoms with Crippen molar-refractivity contribution < 1.29 is 0 Å². The van der Waals surface area contributed by atoms with Crippen LogP contribution in [0.2, 0.25) is 10.0 Å². The fourth-order valence-electron chi connectivity index (χ4n) is 3.88. The molecule has 1 aromatic rings. The number of nitrogens with two attached hydrogens (primary N) is 1. The fraction of sp³-hybridized carbons (Fsp3) is 0.647. The summed E-state index contributed by atoms with van der Waals surface area (Å²) in [7, 11) is 0. The van der Waals surface area contributed by atoms with Crippen molar-refractivity contribution in [2.24, 2.45) is 23.5 Å². The molecule has 0 aliphatic heterocycles. The predicted octanol–water partition coefficient (Wildman–Crippen LogP) is 5.33. The number of hydrogen-bond acceptors (Lipinski definition) is 1. The van der Waals surface area contributed by atoms with Crippen LogP contribution in [0, 0.1) is 17.8 Å². The Labute approximate surface area is 132 Å². The van der Waals surface area contributed by atoms with Crippen molar-refractivity contribution in [1.82, 2.24) is 0 Å². The van der Waals surface area contributed by atoms with Gasteiger partial charge in [0.15, 0.2) is 0 Å². The number of halogens is 2. The summed E-state index contributed by atoms with van der Waals surface area (Å²) >= 11 is 12.7. The minimum absolute atomic E-state index is 0.194. The molecule has 0 heterocycles. The van der Waals surface area contributed by atoms with Crippen molar-refractivity contribution in [2.75, 3.05) is 0 Å². The average molecular weight is 314 g/mol. The Hall–Kier alpha value is -0.240. The first kappa shape index (κ1) is 16.1. The molecule has 3 unspecified atom stereocenters. The number of rotatable bonds is 3. The normalized spacial score (nSPS) is 30.8. The first-order chi connectivity index (χ1) is 9.33. The van der Waals surface area contributed by atoms with E-state index in [2.05, 4.69) is 20.8 Å². The van der Waals surface area contributed by atoms with E-state index in [0.29, 0.717) is 17.8 Å². The van der Waals surface area contributed by atoms with E-state index in [-0.39, 0.29) is 5.54 Å². The Balaban J connectivity index is 2.31. The monoisotopic (exact) mass is 313 g/mol. The van der Waals surface area contributed by atoms with Crippen molar-refractivity contribution in [2.45, 2.75) is 52.0 Å². The lowest BCUT2D eigenvalue weighted by molar-refractivity contribution is 0.109. The Kier molecular flexibility index (Phi) is 5.05. The van der Waals surface area contributed by atoms with Crippen LogP contribution in [0.15, 0.2) is 18.2 Å². The van der Waals surface area contributed by atoms with Crippen molar-refractivity contribution >= 4 is 23.2 Å². The van der Waals surface area contributed by atoms with Crippen LogP contribution in [0.1, 0.15) is 45.6 Å². The van der Waals surface area contributed by atoms with Gasteiger partial charge in [-0.15, -0.1) is 0 Å². The Morgan fingerprint density at radius 3 is 2.40 bits per heavy atom. The number of hydrogen-bond donors (Lipinski definition) is 1. The van der Waals surface area contributed by atoms with Crippen LogP contribution in [0.4, 0.5) is 0 Å². The van der Waals surface area contributed by atoms with Gasteiger partial charge in [-0.25, -0.2) is 0 Å². The van der Waals surface area contributed by atoms with Crippen molar-refractivity contribution in [3.05, 3.63) is 33.8 Å². The molecule has 1 aliphatic carbocycles. The summed E-state index contributed by atoms with van der Waals surface area (Å²) < 4.78 is 0. The van der Waals surface area contributed by atoms with Gasteiger partial charge in [-0.1, -0.05) is 56.5 Å². The maximum Gasteiger partial charge on any atom is 0.0453 e. The van der Waals surface area contributed by atoms with Gasteiger partial charge in [0.2, 0.25) is 0 Å². The molecule has 1 aliphatic rings. The first-order valence-electron chi connectivity index (χ1n) is 7.55. The Morgan fingerprint density at radius 1 is 1.25 bits per heavy atom. The minimum atomic E-state index is -0.194. The molecule has 0 spiro atoms. The second-order valence-corrected chi connectivity index (χ2v) is 7.66. The lowest BCUT2D eigenvalue weighted by Crippen LogP contribution is -2.54. The van der Waals surface area contributed by atoms with Crippen LogP contribution in [-0.2, 0) is 6.42 Å². The van der Waals surface area contributed by atoms with E-state index >= 15 is 0 Å². The molecule has 1 nitrogen and oxygen atoms in total. The molecular formula is C17H25Cl2N. The minimum Gasteiger partial charge on any atom is -0.325 e. The maximum absolute atomic E-state index is 6.85. The Morgan fingerprint density at radius 2 is 1.85 bits per heavy atom. The largest absolute Gasteiger partial charge is 0.325 e. The van der Waals surface area contributed by atoms with Gasteiger partial charge in [-0.05, 0) is 54.7 Å². The third-order valence-corrected chi connectivity index (χ3v) is 5.52. The second kappa shape index (κ2) is 6.25. The second-order valence-electron chi connectivity index (χ2n) is 6.85. The highest BCUT2D eigenvalue weighted by Gasteiger charge is 2.41. The van der Waals surface area contributed by atoms with E-state index in [1.165, 1.54) is 12.8 Å². The quantitative estimate of drug-likeness (QED) is 0.802. The van der Waals surface area contributed by atoms with Crippen LogP contribution in [0.3, 0.4) is 0 Å². The smallest absolute Gasteiger partial charge is 0.0453 e. The summed E-state index contributed by atoms with van der Waals surface area (Å²) in [4.78, 5) is 0. The topological polar surface area (TPSA) is 26.0 Å². The van der Waals surface area contributed by atoms with Gasteiger partial charge in [0.1, 0.15) is 0 Å². The summed E-state index contributed by atoms with van der Waals surface area (Å²) in [5.41, 5.74) is 7.67. The van der Waals surface area contributed by atoms with Crippen LogP contribution in [-0.4, -0.2) is 5.54 Å². The van der Waals surface area contributed by atoms with Crippen LogP contribution in [0.25, 0.3) is 0 Å². The molecule has 1 aromatic carbocycles.